The Morgan fingerprint density at radius 3 is 2.39 bits per heavy atom. The van der Waals surface area contributed by atoms with E-state index in [4.69, 9.17) is 4.74 Å². The number of nitrogens with zero attached hydrogens (tertiary/aromatic N) is 1. The molecule has 0 saturated heterocycles. The summed E-state index contributed by atoms with van der Waals surface area (Å²) in [5.74, 6) is -2.41. The van der Waals surface area contributed by atoms with Gasteiger partial charge in [0.2, 0.25) is 15.9 Å². The molecule has 1 aliphatic rings. The first kappa shape index (κ1) is 19.8. The molecule has 0 radical (unpaired) electrons. The van der Waals surface area contributed by atoms with Gasteiger partial charge in [0.25, 0.3) is 0 Å². The summed E-state index contributed by atoms with van der Waals surface area (Å²) >= 11 is 0. The maximum Gasteiger partial charge on any atom is 0.363 e. The van der Waals surface area contributed by atoms with E-state index in [1.165, 1.54) is 30.3 Å². The van der Waals surface area contributed by atoms with Crippen molar-refractivity contribution in [3.63, 3.8) is 0 Å². The molecule has 0 atom stereocenters. The smallest absolute Gasteiger partial charge is 0.363 e. The Kier molecular flexibility index (Phi) is 5.39. The van der Waals surface area contributed by atoms with Crippen LogP contribution in [0, 0.1) is 11.6 Å². The second-order valence-corrected chi connectivity index (χ2v) is 8.02. The number of carbonyl (C=O) groups excluding carboxylic acids is 1. The number of ether oxygens (including phenoxy) is 1. The fraction of sp³-hybridized carbons (Fsp3) is 0.158. The number of rotatable bonds is 5. The molecule has 1 N–H and O–H groups in total. The van der Waals surface area contributed by atoms with Gasteiger partial charge in [0, 0.05) is 23.2 Å². The molecule has 0 aliphatic carbocycles. The van der Waals surface area contributed by atoms with Gasteiger partial charge in [-0.15, -0.1) is 0 Å². The third kappa shape index (κ3) is 4.32. The maximum absolute atomic E-state index is 13.7. The average molecular weight is 406 g/mol. The molecule has 2 aromatic carbocycles. The molecule has 146 valence electrons. The number of esters is 1. The Balaban J connectivity index is 1.87. The van der Waals surface area contributed by atoms with Crippen LogP contribution in [0.4, 0.5) is 8.78 Å². The van der Waals surface area contributed by atoms with Gasteiger partial charge < -0.3 is 4.74 Å². The second kappa shape index (κ2) is 7.61. The molecule has 0 unspecified atom stereocenters. The minimum absolute atomic E-state index is 0.0143. The van der Waals surface area contributed by atoms with Crippen molar-refractivity contribution >= 4 is 28.0 Å². The van der Waals surface area contributed by atoms with E-state index < -0.39 is 27.6 Å². The van der Waals surface area contributed by atoms with E-state index >= 15 is 0 Å². The lowest BCUT2D eigenvalue weighted by Crippen LogP contribution is -2.30. The minimum Gasteiger partial charge on any atom is -0.402 e. The number of benzene rings is 2. The Labute approximate surface area is 160 Å². The van der Waals surface area contributed by atoms with Crippen molar-refractivity contribution in [3.05, 3.63) is 70.9 Å². The van der Waals surface area contributed by atoms with E-state index in [9.17, 15) is 22.0 Å². The highest BCUT2D eigenvalue weighted by Crippen LogP contribution is 2.21. The lowest BCUT2D eigenvalue weighted by atomic mass is 10.2. The van der Waals surface area contributed by atoms with Gasteiger partial charge in [0.15, 0.2) is 5.70 Å². The average Bonchev–Trinajstić information content (AvgIpc) is 2.97. The fourth-order valence-corrected chi connectivity index (χ4v) is 3.70. The van der Waals surface area contributed by atoms with E-state index in [-0.39, 0.29) is 28.1 Å². The number of nitrogens with one attached hydrogen (secondary N) is 1. The first-order valence-corrected chi connectivity index (χ1v) is 9.74. The zero-order chi connectivity index (χ0) is 20.5. The molecular weight excluding hydrogens is 390 g/mol. The van der Waals surface area contributed by atoms with E-state index in [1.807, 2.05) is 0 Å². The van der Waals surface area contributed by atoms with E-state index in [2.05, 4.69) is 9.71 Å². The number of aliphatic imine (C=N–C) groups is 1. The zero-order valence-electron chi connectivity index (χ0n) is 14.9. The number of carbonyl (C=O) groups is 1. The zero-order valence-corrected chi connectivity index (χ0v) is 15.8. The van der Waals surface area contributed by atoms with Crippen molar-refractivity contribution in [2.75, 3.05) is 0 Å². The monoisotopic (exact) mass is 406 g/mol. The fourth-order valence-electron chi connectivity index (χ4n) is 2.45. The van der Waals surface area contributed by atoms with Crippen molar-refractivity contribution in [1.29, 1.82) is 0 Å². The molecule has 0 aromatic heterocycles. The number of sulfonamides is 1. The molecule has 0 saturated carbocycles. The van der Waals surface area contributed by atoms with Crippen LogP contribution in [-0.2, 0) is 19.6 Å². The van der Waals surface area contributed by atoms with Crippen LogP contribution >= 0.6 is 0 Å². The third-order valence-electron chi connectivity index (χ3n) is 3.68. The molecule has 1 aliphatic heterocycles. The van der Waals surface area contributed by atoms with Crippen molar-refractivity contribution in [3.8, 4) is 0 Å². The Morgan fingerprint density at radius 2 is 1.79 bits per heavy atom. The number of hydrogen-bond acceptors (Lipinski definition) is 5. The Hall–Kier alpha value is -2.91. The summed E-state index contributed by atoms with van der Waals surface area (Å²) in [7, 11) is -3.65. The lowest BCUT2D eigenvalue weighted by Gasteiger charge is -2.09. The highest BCUT2D eigenvalue weighted by Gasteiger charge is 2.25. The van der Waals surface area contributed by atoms with Crippen molar-refractivity contribution in [2.45, 2.75) is 24.8 Å². The van der Waals surface area contributed by atoms with Gasteiger partial charge in [0.1, 0.15) is 11.6 Å². The molecule has 0 fully saturated rings. The van der Waals surface area contributed by atoms with Gasteiger partial charge in [-0.2, -0.15) is 0 Å². The molecule has 0 spiro atoms. The maximum atomic E-state index is 13.7. The highest BCUT2D eigenvalue weighted by atomic mass is 32.2. The molecule has 2 aromatic rings. The number of halogens is 2. The molecule has 6 nitrogen and oxygen atoms in total. The van der Waals surface area contributed by atoms with Crippen LogP contribution in [0.3, 0.4) is 0 Å². The van der Waals surface area contributed by atoms with Gasteiger partial charge in [-0.05, 0) is 56.3 Å². The molecule has 0 amide bonds. The number of hydrogen-bond donors (Lipinski definition) is 1. The Morgan fingerprint density at radius 1 is 1.11 bits per heavy atom. The normalized spacial score (nSPS) is 15.8. The van der Waals surface area contributed by atoms with Crippen LogP contribution < -0.4 is 4.72 Å². The predicted molar refractivity (Wildman–Crippen MR) is 98.9 cm³/mol. The SMILES string of the molecule is CC(C)NS(=O)(=O)c1ccc(C2=N/C(=C\c3ccc(F)cc3F)C(=O)O2)cc1. The summed E-state index contributed by atoms with van der Waals surface area (Å²) in [5, 5.41) is 0. The first-order valence-electron chi connectivity index (χ1n) is 8.26. The molecule has 3 rings (SSSR count). The largest absolute Gasteiger partial charge is 0.402 e. The standard InChI is InChI=1S/C19H16F2N2O4S/c1-11(2)23-28(25,26)15-7-4-12(5-8-15)18-22-17(19(24)27-18)9-13-3-6-14(20)10-16(13)21/h3-11,23H,1-2H3/b17-9-. The molecular formula is C19H16F2N2O4S. The predicted octanol–water partition coefficient (Wildman–Crippen LogP) is 3.00. The second-order valence-electron chi connectivity index (χ2n) is 6.30. The van der Waals surface area contributed by atoms with E-state index in [0.717, 1.165) is 12.1 Å². The van der Waals surface area contributed by atoms with E-state index in [1.54, 1.807) is 13.8 Å². The Bertz CT molecular complexity index is 1090. The molecule has 1 heterocycles. The van der Waals surface area contributed by atoms with Crippen molar-refractivity contribution in [1.82, 2.24) is 4.72 Å². The summed E-state index contributed by atoms with van der Waals surface area (Å²) in [4.78, 5) is 16.1. The van der Waals surface area contributed by atoms with Crippen LogP contribution in [0.1, 0.15) is 25.0 Å². The van der Waals surface area contributed by atoms with Crippen LogP contribution in [0.25, 0.3) is 6.08 Å². The quantitative estimate of drug-likeness (QED) is 0.611. The van der Waals surface area contributed by atoms with Crippen molar-refractivity contribution in [2.24, 2.45) is 4.99 Å². The van der Waals surface area contributed by atoms with Gasteiger partial charge >= 0.3 is 5.97 Å². The number of cyclic esters (lactones) is 1. The lowest BCUT2D eigenvalue weighted by molar-refractivity contribution is -0.129. The first-order chi connectivity index (χ1) is 13.2. The van der Waals surface area contributed by atoms with Gasteiger partial charge in [-0.3, -0.25) is 0 Å². The van der Waals surface area contributed by atoms with Crippen LogP contribution in [0.5, 0.6) is 0 Å². The molecule has 28 heavy (non-hydrogen) atoms. The van der Waals surface area contributed by atoms with Gasteiger partial charge in [-0.25, -0.2) is 31.7 Å². The molecule has 0 bridgehead atoms. The van der Waals surface area contributed by atoms with Gasteiger partial charge in [0.05, 0.1) is 4.90 Å². The van der Waals surface area contributed by atoms with Crippen LogP contribution in [0.2, 0.25) is 0 Å². The summed E-state index contributed by atoms with van der Waals surface area (Å²) in [6.07, 6.45) is 1.15. The van der Waals surface area contributed by atoms with E-state index in [0.29, 0.717) is 11.6 Å². The summed E-state index contributed by atoms with van der Waals surface area (Å²) in [6.45, 7) is 3.41. The van der Waals surface area contributed by atoms with Crippen LogP contribution in [-0.4, -0.2) is 26.3 Å². The minimum atomic E-state index is -3.65. The summed E-state index contributed by atoms with van der Waals surface area (Å²) in [6, 6.07) is 8.29. The topological polar surface area (TPSA) is 84.8 Å². The molecule has 9 heteroatoms. The van der Waals surface area contributed by atoms with Crippen LogP contribution in [0.15, 0.2) is 58.0 Å². The highest BCUT2D eigenvalue weighted by molar-refractivity contribution is 7.89. The summed E-state index contributed by atoms with van der Waals surface area (Å²) < 4.78 is 58.5. The summed E-state index contributed by atoms with van der Waals surface area (Å²) in [5.41, 5.74) is 0.207. The van der Waals surface area contributed by atoms with Crippen molar-refractivity contribution < 1.29 is 26.7 Å². The van der Waals surface area contributed by atoms with Gasteiger partial charge in [-0.1, -0.05) is 0 Å². The third-order valence-corrected chi connectivity index (χ3v) is 5.35.